The highest BCUT2D eigenvalue weighted by atomic mass is 32.1. The van der Waals surface area contributed by atoms with Gasteiger partial charge in [-0.25, -0.2) is 0 Å². The normalized spacial score (nSPS) is 24.5. The summed E-state index contributed by atoms with van der Waals surface area (Å²) in [7, 11) is 4.03. The highest BCUT2D eigenvalue weighted by molar-refractivity contribution is 7.81. The topological polar surface area (TPSA) is 23.6 Å². The summed E-state index contributed by atoms with van der Waals surface area (Å²) in [6.07, 6.45) is 2.29. The molecule has 0 N–H and O–H groups in total. The molecule has 0 aliphatic carbocycles. The van der Waals surface area contributed by atoms with Crippen molar-refractivity contribution in [3.05, 3.63) is 0 Å². The first kappa shape index (κ1) is 13.8. The highest BCUT2D eigenvalue weighted by Gasteiger charge is 2.28. The molecule has 0 saturated carbocycles. The first-order valence-corrected chi connectivity index (χ1v) is 6.58. The average Bonchev–Trinajstić information content (AvgIpc) is 2.26. The molecular weight excluding hydrogens is 220 g/mol. The molecule has 94 valence electrons. The molecule has 0 aromatic rings. The van der Waals surface area contributed by atoms with Crippen LogP contribution in [0, 0.1) is 5.92 Å². The van der Waals surface area contributed by atoms with Gasteiger partial charge in [-0.1, -0.05) is 13.8 Å². The third-order valence-corrected chi connectivity index (χ3v) is 4.20. The Balaban J connectivity index is 2.55. The van der Waals surface area contributed by atoms with Crippen molar-refractivity contribution in [3.63, 3.8) is 0 Å². The number of likely N-dealkylation sites (tertiary alicyclic amines) is 1. The van der Waals surface area contributed by atoms with Crippen LogP contribution in [0.15, 0.2) is 0 Å². The minimum atomic E-state index is -0.169. The Kier molecular flexibility index (Phi) is 5.12. The zero-order valence-corrected chi connectivity index (χ0v) is 11.7. The maximum atomic E-state index is 12.1. The maximum Gasteiger partial charge on any atom is 0.235 e. The molecule has 1 aliphatic heterocycles. The van der Waals surface area contributed by atoms with E-state index in [9.17, 15) is 4.79 Å². The predicted molar refractivity (Wildman–Crippen MR) is 70.9 cm³/mol. The van der Waals surface area contributed by atoms with Crippen molar-refractivity contribution in [1.29, 1.82) is 0 Å². The fourth-order valence-electron chi connectivity index (χ4n) is 2.13. The SMILES string of the molecule is CC(C)C(S)C(=O)N(C)C1CCCN(C)C1. The third-order valence-electron chi connectivity index (χ3n) is 3.38. The van der Waals surface area contributed by atoms with Gasteiger partial charge in [0, 0.05) is 19.6 Å². The number of amides is 1. The van der Waals surface area contributed by atoms with Gasteiger partial charge in [-0.2, -0.15) is 12.6 Å². The number of likely N-dealkylation sites (N-methyl/N-ethyl adjacent to an activating group) is 2. The summed E-state index contributed by atoms with van der Waals surface area (Å²) in [5, 5.41) is -0.169. The average molecular weight is 244 g/mol. The fourth-order valence-corrected chi connectivity index (χ4v) is 2.31. The number of piperidine rings is 1. The minimum Gasteiger partial charge on any atom is -0.341 e. The summed E-state index contributed by atoms with van der Waals surface area (Å²) in [5.74, 6) is 0.457. The molecule has 1 rings (SSSR count). The number of thiol groups is 1. The van der Waals surface area contributed by atoms with Crippen LogP contribution in [0.25, 0.3) is 0 Å². The number of hydrogen-bond acceptors (Lipinski definition) is 3. The van der Waals surface area contributed by atoms with Gasteiger partial charge in [0.1, 0.15) is 0 Å². The molecular formula is C12H24N2OS. The summed E-state index contributed by atoms with van der Waals surface area (Å²) in [5.41, 5.74) is 0. The number of hydrogen-bond donors (Lipinski definition) is 1. The lowest BCUT2D eigenvalue weighted by atomic mass is 10.0. The van der Waals surface area contributed by atoms with E-state index in [4.69, 9.17) is 0 Å². The smallest absolute Gasteiger partial charge is 0.235 e. The Labute approximate surface area is 105 Å². The zero-order chi connectivity index (χ0) is 12.3. The maximum absolute atomic E-state index is 12.1. The van der Waals surface area contributed by atoms with Gasteiger partial charge >= 0.3 is 0 Å². The van der Waals surface area contributed by atoms with Gasteiger partial charge in [0.2, 0.25) is 5.91 Å². The van der Waals surface area contributed by atoms with Crippen molar-refractivity contribution < 1.29 is 4.79 Å². The van der Waals surface area contributed by atoms with E-state index in [0.717, 1.165) is 19.5 Å². The van der Waals surface area contributed by atoms with Crippen molar-refractivity contribution in [2.45, 2.75) is 38.0 Å². The van der Waals surface area contributed by atoms with E-state index in [0.29, 0.717) is 12.0 Å². The second-order valence-corrected chi connectivity index (χ2v) is 5.75. The van der Waals surface area contributed by atoms with Gasteiger partial charge in [-0.3, -0.25) is 4.79 Å². The molecule has 1 saturated heterocycles. The van der Waals surface area contributed by atoms with Gasteiger partial charge in [0.25, 0.3) is 0 Å². The van der Waals surface area contributed by atoms with E-state index >= 15 is 0 Å². The summed E-state index contributed by atoms with van der Waals surface area (Å²) in [6.45, 7) is 6.21. The molecule has 0 radical (unpaired) electrons. The lowest BCUT2D eigenvalue weighted by molar-refractivity contribution is -0.133. The lowest BCUT2D eigenvalue weighted by Gasteiger charge is -2.37. The van der Waals surface area contributed by atoms with E-state index in [1.807, 2.05) is 25.8 Å². The van der Waals surface area contributed by atoms with Crippen molar-refractivity contribution in [2.75, 3.05) is 27.2 Å². The van der Waals surface area contributed by atoms with Crippen molar-refractivity contribution in [3.8, 4) is 0 Å². The zero-order valence-electron chi connectivity index (χ0n) is 10.8. The third kappa shape index (κ3) is 3.39. The van der Waals surface area contributed by atoms with Crippen LogP contribution in [-0.2, 0) is 4.79 Å². The van der Waals surface area contributed by atoms with Crippen molar-refractivity contribution >= 4 is 18.5 Å². The van der Waals surface area contributed by atoms with Crippen LogP contribution in [0.1, 0.15) is 26.7 Å². The Morgan fingerprint density at radius 3 is 2.62 bits per heavy atom. The fraction of sp³-hybridized carbons (Fsp3) is 0.917. The van der Waals surface area contributed by atoms with Gasteiger partial charge in [-0.15, -0.1) is 0 Å². The Hall–Kier alpha value is -0.220. The molecule has 1 amide bonds. The summed E-state index contributed by atoms with van der Waals surface area (Å²) in [6, 6.07) is 0.361. The summed E-state index contributed by atoms with van der Waals surface area (Å²) in [4.78, 5) is 16.3. The van der Waals surface area contributed by atoms with E-state index in [1.165, 1.54) is 6.42 Å². The molecule has 0 aromatic heterocycles. The van der Waals surface area contributed by atoms with Crippen LogP contribution in [0.5, 0.6) is 0 Å². The van der Waals surface area contributed by atoms with Crippen molar-refractivity contribution in [2.24, 2.45) is 5.92 Å². The summed E-state index contributed by atoms with van der Waals surface area (Å²) < 4.78 is 0. The molecule has 16 heavy (non-hydrogen) atoms. The number of rotatable bonds is 3. The molecule has 1 heterocycles. The number of nitrogens with zero attached hydrogens (tertiary/aromatic N) is 2. The van der Waals surface area contributed by atoms with Gasteiger partial charge in [0.15, 0.2) is 0 Å². The van der Waals surface area contributed by atoms with Crippen LogP contribution >= 0.6 is 12.6 Å². The van der Waals surface area contributed by atoms with Crippen molar-refractivity contribution in [1.82, 2.24) is 9.80 Å². The minimum absolute atomic E-state index is 0.165. The Morgan fingerprint density at radius 1 is 1.50 bits per heavy atom. The standard InChI is InChI=1S/C12H24N2OS/c1-9(2)11(16)12(15)14(4)10-6-5-7-13(3)8-10/h9-11,16H,5-8H2,1-4H3. The van der Waals surface area contributed by atoms with Crippen LogP contribution in [0.4, 0.5) is 0 Å². The number of carbonyl (C=O) groups excluding carboxylic acids is 1. The van der Waals surface area contributed by atoms with Crippen LogP contribution in [0.2, 0.25) is 0 Å². The molecule has 4 heteroatoms. The monoisotopic (exact) mass is 244 g/mol. The van der Waals surface area contributed by atoms with E-state index < -0.39 is 0 Å². The molecule has 0 aromatic carbocycles. The molecule has 0 spiro atoms. The quantitative estimate of drug-likeness (QED) is 0.761. The molecule has 1 fully saturated rings. The van der Waals surface area contributed by atoms with E-state index in [-0.39, 0.29) is 11.2 Å². The number of carbonyl (C=O) groups is 1. The van der Waals surface area contributed by atoms with Crippen LogP contribution in [-0.4, -0.2) is 54.2 Å². The van der Waals surface area contributed by atoms with Gasteiger partial charge in [0.05, 0.1) is 5.25 Å². The van der Waals surface area contributed by atoms with Gasteiger partial charge in [-0.05, 0) is 32.4 Å². The van der Waals surface area contributed by atoms with Crippen LogP contribution in [0.3, 0.4) is 0 Å². The lowest BCUT2D eigenvalue weighted by Crippen LogP contribution is -2.49. The molecule has 2 atom stereocenters. The molecule has 3 nitrogen and oxygen atoms in total. The van der Waals surface area contributed by atoms with E-state index in [1.54, 1.807) is 0 Å². The molecule has 2 unspecified atom stereocenters. The largest absolute Gasteiger partial charge is 0.341 e. The van der Waals surface area contributed by atoms with E-state index in [2.05, 4.69) is 24.6 Å². The first-order valence-electron chi connectivity index (χ1n) is 6.06. The van der Waals surface area contributed by atoms with Crippen LogP contribution < -0.4 is 0 Å². The predicted octanol–water partition coefficient (Wildman–Crippen LogP) is 1.49. The second kappa shape index (κ2) is 5.92. The Bertz CT molecular complexity index is 245. The first-order chi connectivity index (χ1) is 7.43. The highest BCUT2D eigenvalue weighted by Crippen LogP contribution is 2.18. The summed E-state index contributed by atoms with van der Waals surface area (Å²) >= 11 is 4.40. The molecule has 1 aliphatic rings. The van der Waals surface area contributed by atoms with Gasteiger partial charge < -0.3 is 9.80 Å². The second-order valence-electron chi connectivity index (χ2n) is 5.20. The molecule has 0 bridgehead atoms. The Morgan fingerprint density at radius 2 is 2.12 bits per heavy atom.